The van der Waals surface area contributed by atoms with Gasteiger partial charge in [0.05, 0.1) is 12.2 Å². The number of esters is 2. The summed E-state index contributed by atoms with van der Waals surface area (Å²) in [6.45, 7) is 9.17. The zero-order valence-electron chi connectivity index (χ0n) is 38.0. The zero-order valence-corrected chi connectivity index (χ0v) is 38.0. The Morgan fingerprint density at radius 2 is 1.32 bits per heavy atom. The molecule has 14 heteroatoms. The first kappa shape index (κ1) is 49.3. The number of nitrogens with zero attached hydrogens (tertiary/aromatic N) is 1. The van der Waals surface area contributed by atoms with Gasteiger partial charge in [-0.2, -0.15) is 0 Å². The van der Waals surface area contributed by atoms with Gasteiger partial charge < -0.3 is 39.8 Å². The molecular formula is C51H62N4O10. The Morgan fingerprint density at radius 1 is 0.708 bits per heavy atom. The topological polar surface area (TPSA) is 179 Å². The van der Waals surface area contributed by atoms with E-state index in [2.05, 4.69) is 16.0 Å². The maximum atomic E-state index is 14.6. The Hall–Kier alpha value is -6.70. The molecule has 346 valence electrons. The molecular weight excluding hydrogens is 829 g/mol. The van der Waals surface area contributed by atoms with Crippen molar-refractivity contribution in [1.82, 2.24) is 20.9 Å². The highest BCUT2D eigenvalue weighted by Crippen LogP contribution is 2.23. The van der Waals surface area contributed by atoms with Crippen molar-refractivity contribution in [3.63, 3.8) is 0 Å². The lowest BCUT2D eigenvalue weighted by atomic mass is 9.94. The van der Waals surface area contributed by atoms with E-state index in [1.807, 2.05) is 72.8 Å². The van der Waals surface area contributed by atoms with Gasteiger partial charge in [0, 0.05) is 13.0 Å². The van der Waals surface area contributed by atoms with E-state index in [1.54, 1.807) is 77.1 Å². The lowest BCUT2D eigenvalue weighted by molar-refractivity contribution is -0.155. The van der Waals surface area contributed by atoms with Crippen molar-refractivity contribution in [1.29, 1.82) is 0 Å². The molecule has 14 nitrogen and oxygen atoms in total. The van der Waals surface area contributed by atoms with Crippen molar-refractivity contribution in [3.8, 4) is 5.75 Å². The highest BCUT2D eigenvalue weighted by molar-refractivity contribution is 5.97. The number of likely N-dealkylation sites (tertiary alicyclic amines) is 1. The average molecular weight is 891 g/mol. The van der Waals surface area contributed by atoms with Crippen LogP contribution in [0.4, 0.5) is 4.79 Å². The van der Waals surface area contributed by atoms with E-state index in [0.717, 1.165) is 16.7 Å². The van der Waals surface area contributed by atoms with Crippen molar-refractivity contribution in [3.05, 3.63) is 138 Å². The molecule has 1 heterocycles. The van der Waals surface area contributed by atoms with Crippen molar-refractivity contribution >= 4 is 35.8 Å². The molecule has 3 N–H and O–H groups in total. The molecule has 5 rings (SSSR count). The highest BCUT2D eigenvalue weighted by atomic mass is 16.6. The normalized spacial score (nSPS) is 15.3. The Labute approximate surface area is 381 Å². The van der Waals surface area contributed by atoms with Gasteiger partial charge in [-0.1, -0.05) is 97.9 Å². The Bertz CT molecular complexity index is 2180. The average Bonchev–Trinajstić information content (AvgIpc) is 3.80. The Balaban J connectivity index is 1.30. The van der Waals surface area contributed by atoms with E-state index in [0.29, 0.717) is 43.6 Å². The third-order valence-corrected chi connectivity index (χ3v) is 11.0. The molecule has 0 saturated carbocycles. The fraction of sp³-hybridized carbons (Fsp3) is 0.412. The number of carbonyl (C=O) groups is 6. The number of benzene rings is 4. The van der Waals surface area contributed by atoms with E-state index in [1.165, 1.54) is 4.90 Å². The number of hydrogen-bond acceptors (Lipinski definition) is 10. The quantitative estimate of drug-likeness (QED) is 0.0439. The molecule has 1 saturated heterocycles. The summed E-state index contributed by atoms with van der Waals surface area (Å²) in [5.74, 6) is -2.14. The molecule has 0 bridgehead atoms. The molecule has 0 aliphatic carbocycles. The van der Waals surface area contributed by atoms with E-state index >= 15 is 0 Å². The highest BCUT2D eigenvalue weighted by Gasteiger charge is 2.42. The maximum absolute atomic E-state index is 14.6. The second-order valence-corrected chi connectivity index (χ2v) is 17.3. The number of ether oxygens (including phenoxy) is 4. The first-order valence-electron chi connectivity index (χ1n) is 22.3. The van der Waals surface area contributed by atoms with Crippen LogP contribution in [0, 0.1) is 0 Å². The molecule has 1 aliphatic heterocycles. The molecule has 0 radical (unpaired) electrons. The van der Waals surface area contributed by atoms with Crippen molar-refractivity contribution in [2.24, 2.45) is 0 Å². The maximum Gasteiger partial charge on any atom is 0.408 e. The van der Waals surface area contributed by atoms with E-state index in [4.69, 9.17) is 18.9 Å². The first-order valence-corrected chi connectivity index (χ1v) is 22.3. The van der Waals surface area contributed by atoms with Gasteiger partial charge in [-0.15, -0.1) is 0 Å². The van der Waals surface area contributed by atoms with Crippen LogP contribution >= 0.6 is 0 Å². The van der Waals surface area contributed by atoms with E-state index in [9.17, 15) is 28.8 Å². The summed E-state index contributed by atoms with van der Waals surface area (Å²) in [6.07, 6.45) is 1.24. The Kier molecular flexibility index (Phi) is 18.1. The molecule has 4 aromatic rings. The molecule has 4 aromatic carbocycles. The molecule has 0 aromatic heterocycles. The Morgan fingerprint density at radius 3 is 1.94 bits per heavy atom. The van der Waals surface area contributed by atoms with Gasteiger partial charge in [0.2, 0.25) is 17.7 Å². The van der Waals surface area contributed by atoms with Crippen LogP contribution in [0.15, 0.2) is 115 Å². The summed E-state index contributed by atoms with van der Waals surface area (Å²) in [7, 11) is 0. The van der Waals surface area contributed by atoms with Crippen LogP contribution in [0.25, 0.3) is 0 Å². The van der Waals surface area contributed by atoms with Crippen LogP contribution in [0.1, 0.15) is 100 Å². The largest absolute Gasteiger partial charge is 0.489 e. The number of rotatable bonds is 21. The number of carbonyl (C=O) groups excluding carboxylic acids is 6. The minimum atomic E-state index is -1.55. The van der Waals surface area contributed by atoms with Crippen LogP contribution in [-0.4, -0.2) is 83.1 Å². The SMILES string of the molecule is CC[C@](C)(NC(=O)[C@H](CCCCOC(=O)c1ccccc1)NC(=O)OC(C)(C)C)C(=O)N[C@@H](Cc1ccc(OCc2ccccc2)cc1)C(=O)N1CCC[C@@H]1C(=O)OCc1ccccc1. The lowest BCUT2D eigenvalue weighted by Gasteiger charge is -2.34. The first-order chi connectivity index (χ1) is 31.1. The smallest absolute Gasteiger partial charge is 0.408 e. The third kappa shape index (κ3) is 15.5. The molecule has 1 aliphatic rings. The summed E-state index contributed by atoms with van der Waals surface area (Å²) < 4.78 is 22.5. The summed E-state index contributed by atoms with van der Waals surface area (Å²) in [5, 5.41) is 8.41. The van der Waals surface area contributed by atoms with Crippen LogP contribution in [0.3, 0.4) is 0 Å². The monoisotopic (exact) mass is 890 g/mol. The van der Waals surface area contributed by atoms with Gasteiger partial charge in [-0.3, -0.25) is 14.4 Å². The number of nitrogens with one attached hydrogen (secondary N) is 3. The van der Waals surface area contributed by atoms with Gasteiger partial charge in [-0.25, -0.2) is 14.4 Å². The van der Waals surface area contributed by atoms with Crippen LogP contribution in [-0.2, 0) is 53.0 Å². The van der Waals surface area contributed by atoms with Crippen LogP contribution < -0.4 is 20.7 Å². The van der Waals surface area contributed by atoms with Crippen LogP contribution in [0.2, 0.25) is 0 Å². The summed E-state index contributed by atoms with van der Waals surface area (Å²) >= 11 is 0. The molecule has 4 atom stereocenters. The standard InChI is InChI=1S/C51H62N4O10/c1-6-51(5,54-44(56)41(53-49(61)65-50(2,3)4)25-16-17-32-62-46(58)39-23-14-9-15-24-39)48(60)52-42(33-36-27-29-40(30-28-36)63-34-37-19-10-7-11-20-37)45(57)55-31-18-26-43(55)47(59)64-35-38-21-12-8-13-22-38/h7-15,19-24,27-30,41-43H,6,16-18,25-26,31-35H2,1-5H3,(H,52,60)(H,53,61)(H,54,56)/t41-,42-,43+,51-/m0/s1. The predicted octanol–water partition coefficient (Wildman–Crippen LogP) is 7.23. The molecule has 4 amide bonds. The second-order valence-electron chi connectivity index (χ2n) is 17.3. The zero-order chi connectivity index (χ0) is 46.8. The number of amides is 4. The number of alkyl carbamates (subject to hydrolysis) is 1. The molecule has 0 unspecified atom stereocenters. The van der Waals surface area contributed by atoms with Crippen LogP contribution in [0.5, 0.6) is 5.75 Å². The van der Waals surface area contributed by atoms with Gasteiger partial charge in [0.25, 0.3) is 0 Å². The van der Waals surface area contributed by atoms with Crippen molar-refractivity contribution in [2.75, 3.05) is 13.2 Å². The predicted molar refractivity (Wildman–Crippen MR) is 244 cm³/mol. The minimum absolute atomic E-state index is 0.0527. The van der Waals surface area contributed by atoms with E-state index < -0.39 is 65.0 Å². The summed E-state index contributed by atoms with van der Waals surface area (Å²) in [6, 6.07) is 31.7. The van der Waals surface area contributed by atoms with Crippen molar-refractivity contribution < 1.29 is 47.7 Å². The number of hydrogen-bond donors (Lipinski definition) is 3. The fourth-order valence-corrected chi connectivity index (χ4v) is 7.17. The second kappa shape index (κ2) is 23.8. The molecule has 0 spiro atoms. The number of unbranched alkanes of at least 4 members (excludes halogenated alkanes) is 1. The lowest BCUT2D eigenvalue weighted by Crippen LogP contribution is -2.63. The molecule has 65 heavy (non-hydrogen) atoms. The van der Waals surface area contributed by atoms with Gasteiger partial charge >= 0.3 is 18.0 Å². The fourth-order valence-electron chi connectivity index (χ4n) is 7.17. The summed E-state index contributed by atoms with van der Waals surface area (Å²) in [4.78, 5) is 83.4. The van der Waals surface area contributed by atoms with E-state index in [-0.39, 0.29) is 39.0 Å². The minimum Gasteiger partial charge on any atom is -0.489 e. The molecule has 1 fully saturated rings. The van der Waals surface area contributed by atoms with Gasteiger partial charge in [0.1, 0.15) is 48.2 Å². The van der Waals surface area contributed by atoms with Crippen molar-refractivity contribution in [2.45, 2.75) is 122 Å². The summed E-state index contributed by atoms with van der Waals surface area (Å²) in [5.41, 5.74) is 0.554. The van der Waals surface area contributed by atoms with Gasteiger partial charge in [0.15, 0.2) is 0 Å². The van der Waals surface area contributed by atoms with Gasteiger partial charge in [-0.05, 0) is 107 Å². The third-order valence-electron chi connectivity index (χ3n) is 11.0.